The number of aryl methyl sites for hydroxylation is 2. The lowest BCUT2D eigenvalue weighted by molar-refractivity contribution is 0.532. The van der Waals surface area contributed by atoms with E-state index in [0.29, 0.717) is 6.04 Å². The number of nitrogens with one attached hydrogen (secondary N) is 1. The van der Waals surface area contributed by atoms with Crippen LogP contribution in [0.2, 0.25) is 0 Å². The Labute approximate surface area is 128 Å². The molecule has 1 unspecified atom stereocenters. The van der Waals surface area contributed by atoms with Crippen molar-refractivity contribution in [2.75, 3.05) is 6.54 Å². The third-order valence-corrected chi connectivity index (χ3v) is 3.96. The van der Waals surface area contributed by atoms with Gasteiger partial charge < -0.3 is 5.32 Å². The smallest absolute Gasteiger partial charge is 0.0608 e. The van der Waals surface area contributed by atoms with Crippen LogP contribution < -0.4 is 5.32 Å². The number of rotatable bonds is 7. The van der Waals surface area contributed by atoms with Crippen LogP contribution in [0.15, 0.2) is 42.6 Å². The van der Waals surface area contributed by atoms with E-state index in [2.05, 4.69) is 61.4 Å². The Morgan fingerprint density at radius 1 is 0.952 bits per heavy atom. The number of likely N-dealkylation sites (N-methyl/N-ethyl adjacent to an activating group) is 1. The van der Waals surface area contributed by atoms with Gasteiger partial charge in [-0.3, -0.25) is 4.98 Å². The van der Waals surface area contributed by atoms with E-state index < -0.39 is 0 Å². The average Bonchev–Trinajstić information content (AvgIpc) is 2.55. The molecule has 0 saturated carbocycles. The van der Waals surface area contributed by atoms with Crippen LogP contribution in [0.3, 0.4) is 0 Å². The molecule has 0 aliphatic carbocycles. The summed E-state index contributed by atoms with van der Waals surface area (Å²) in [6.45, 7) is 7.50. The minimum absolute atomic E-state index is 0.290. The zero-order valence-electron chi connectivity index (χ0n) is 13.4. The average molecular weight is 282 g/mol. The highest BCUT2D eigenvalue weighted by Gasteiger charge is 2.15. The predicted molar refractivity (Wildman–Crippen MR) is 89.6 cm³/mol. The van der Waals surface area contributed by atoms with Crippen molar-refractivity contribution in [1.29, 1.82) is 0 Å². The van der Waals surface area contributed by atoms with E-state index in [1.54, 1.807) is 0 Å². The standard InChI is InChI=1S/C19H26N2/c1-4-15-9-11-16(12-10-15)14-18(20-6-3)19-17(5-2)8-7-13-21-19/h7-13,18,20H,4-6,14H2,1-3H3. The summed E-state index contributed by atoms with van der Waals surface area (Å²) in [5, 5.41) is 3.59. The van der Waals surface area contributed by atoms with E-state index in [-0.39, 0.29) is 0 Å². The first-order chi connectivity index (χ1) is 10.3. The molecular formula is C19H26N2. The lowest BCUT2D eigenvalue weighted by Gasteiger charge is -2.20. The van der Waals surface area contributed by atoms with Gasteiger partial charge in [-0.2, -0.15) is 0 Å². The Morgan fingerprint density at radius 3 is 2.29 bits per heavy atom. The summed E-state index contributed by atoms with van der Waals surface area (Å²) in [5.74, 6) is 0. The zero-order chi connectivity index (χ0) is 15.1. The van der Waals surface area contributed by atoms with Gasteiger partial charge in [-0.15, -0.1) is 0 Å². The topological polar surface area (TPSA) is 24.9 Å². The Bertz CT molecular complexity index is 546. The molecule has 21 heavy (non-hydrogen) atoms. The molecule has 2 aromatic rings. The Balaban J connectivity index is 2.21. The van der Waals surface area contributed by atoms with Gasteiger partial charge in [0.15, 0.2) is 0 Å². The number of pyridine rings is 1. The fourth-order valence-corrected chi connectivity index (χ4v) is 2.72. The highest BCUT2D eigenvalue weighted by molar-refractivity contribution is 5.28. The summed E-state index contributed by atoms with van der Waals surface area (Å²) in [6, 6.07) is 13.5. The number of aromatic nitrogens is 1. The summed E-state index contributed by atoms with van der Waals surface area (Å²) in [4.78, 5) is 4.64. The Morgan fingerprint density at radius 2 is 1.67 bits per heavy atom. The molecular weight excluding hydrogens is 256 g/mol. The molecule has 2 heteroatoms. The lowest BCUT2D eigenvalue weighted by atomic mass is 9.97. The Hall–Kier alpha value is -1.67. The molecule has 1 aromatic carbocycles. The maximum Gasteiger partial charge on any atom is 0.0608 e. The molecule has 1 N–H and O–H groups in total. The van der Waals surface area contributed by atoms with E-state index in [0.717, 1.165) is 25.8 Å². The molecule has 0 amide bonds. The van der Waals surface area contributed by atoms with Crippen molar-refractivity contribution in [2.45, 2.75) is 46.1 Å². The van der Waals surface area contributed by atoms with Crippen LogP contribution in [-0.2, 0) is 19.3 Å². The van der Waals surface area contributed by atoms with Crippen LogP contribution in [0.25, 0.3) is 0 Å². The van der Waals surface area contributed by atoms with Crippen molar-refractivity contribution < 1.29 is 0 Å². The maximum absolute atomic E-state index is 4.64. The molecule has 2 nitrogen and oxygen atoms in total. The van der Waals surface area contributed by atoms with Crippen LogP contribution in [-0.4, -0.2) is 11.5 Å². The van der Waals surface area contributed by atoms with Crippen molar-refractivity contribution >= 4 is 0 Å². The molecule has 0 spiro atoms. The van der Waals surface area contributed by atoms with E-state index in [1.165, 1.54) is 22.4 Å². The minimum Gasteiger partial charge on any atom is -0.309 e. The molecule has 1 atom stereocenters. The molecule has 2 rings (SSSR count). The van der Waals surface area contributed by atoms with Crippen LogP contribution in [0, 0.1) is 0 Å². The first kappa shape index (κ1) is 15.7. The third kappa shape index (κ3) is 4.15. The summed E-state index contributed by atoms with van der Waals surface area (Å²) < 4.78 is 0. The van der Waals surface area contributed by atoms with Crippen molar-refractivity contribution in [3.8, 4) is 0 Å². The van der Waals surface area contributed by atoms with Gasteiger partial charge in [0.05, 0.1) is 11.7 Å². The van der Waals surface area contributed by atoms with Crippen molar-refractivity contribution in [1.82, 2.24) is 10.3 Å². The zero-order valence-corrected chi connectivity index (χ0v) is 13.4. The van der Waals surface area contributed by atoms with Gasteiger partial charge in [0.2, 0.25) is 0 Å². The molecule has 112 valence electrons. The highest BCUT2D eigenvalue weighted by Crippen LogP contribution is 2.21. The van der Waals surface area contributed by atoms with Gasteiger partial charge in [0.25, 0.3) is 0 Å². The quantitative estimate of drug-likeness (QED) is 0.827. The van der Waals surface area contributed by atoms with Crippen LogP contribution in [0.1, 0.15) is 49.2 Å². The molecule has 0 fully saturated rings. The van der Waals surface area contributed by atoms with Crippen LogP contribution in [0.4, 0.5) is 0 Å². The second-order valence-electron chi connectivity index (χ2n) is 5.39. The van der Waals surface area contributed by atoms with E-state index in [1.807, 2.05) is 12.3 Å². The second-order valence-corrected chi connectivity index (χ2v) is 5.39. The monoisotopic (exact) mass is 282 g/mol. The third-order valence-electron chi connectivity index (χ3n) is 3.96. The largest absolute Gasteiger partial charge is 0.309 e. The number of nitrogens with zero attached hydrogens (tertiary/aromatic N) is 1. The molecule has 0 saturated heterocycles. The molecule has 0 aliphatic heterocycles. The van der Waals surface area contributed by atoms with E-state index >= 15 is 0 Å². The molecule has 0 aliphatic rings. The number of benzene rings is 1. The highest BCUT2D eigenvalue weighted by atomic mass is 14.9. The first-order valence-electron chi connectivity index (χ1n) is 8.03. The van der Waals surface area contributed by atoms with E-state index in [9.17, 15) is 0 Å². The van der Waals surface area contributed by atoms with Gasteiger partial charge >= 0.3 is 0 Å². The second kappa shape index (κ2) is 7.94. The van der Waals surface area contributed by atoms with Gasteiger partial charge in [0, 0.05) is 6.20 Å². The van der Waals surface area contributed by atoms with Crippen LogP contribution >= 0.6 is 0 Å². The first-order valence-corrected chi connectivity index (χ1v) is 8.03. The SMILES string of the molecule is CCNC(Cc1ccc(CC)cc1)c1ncccc1CC. The molecule has 0 bridgehead atoms. The van der Waals surface area contributed by atoms with Crippen LogP contribution in [0.5, 0.6) is 0 Å². The predicted octanol–water partition coefficient (Wildman–Crippen LogP) is 4.10. The van der Waals surface area contributed by atoms with Gasteiger partial charge in [0.1, 0.15) is 0 Å². The summed E-state index contributed by atoms with van der Waals surface area (Å²) >= 11 is 0. The summed E-state index contributed by atoms with van der Waals surface area (Å²) in [7, 11) is 0. The number of hydrogen-bond acceptors (Lipinski definition) is 2. The van der Waals surface area contributed by atoms with Gasteiger partial charge in [-0.25, -0.2) is 0 Å². The maximum atomic E-state index is 4.64. The van der Waals surface area contributed by atoms with Crippen molar-refractivity contribution in [3.63, 3.8) is 0 Å². The minimum atomic E-state index is 0.290. The van der Waals surface area contributed by atoms with Gasteiger partial charge in [-0.1, -0.05) is 51.1 Å². The summed E-state index contributed by atoms with van der Waals surface area (Å²) in [6.07, 6.45) is 5.01. The fraction of sp³-hybridized carbons (Fsp3) is 0.421. The molecule has 1 heterocycles. The summed E-state index contributed by atoms with van der Waals surface area (Å²) in [5.41, 5.74) is 5.30. The fourth-order valence-electron chi connectivity index (χ4n) is 2.72. The van der Waals surface area contributed by atoms with Crippen molar-refractivity contribution in [3.05, 3.63) is 65.0 Å². The van der Waals surface area contributed by atoms with Crippen molar-refractivity contribution in [2.24, 2.45) is 0 Å². The molecule has 1 aromatic heterocycles. The van der Waals surface area contributed by atoms with Gasteiger partial charge in [-0.05, 0) is 48.6 Å². The lowest BCUT2D eigenvalue weighted by Crippen LogP contribution is -2.25. The normalized spacial score (nSPS) is 12.3. The Kier molecular flexibility index (Phi) is 5.94. The molecule has 0 radical (unpaired) electrons. The van der Waals surface area contributed by atoms with E-state index in [4.69, 9.17) is 0 Å². The number of hydrogen-bond donors (Lipinski definition) is 1.